The maximum absolute atomic E-state index is 13.0. The largest absolute Gasteiger partial charge is 0.344 e. The van der Waals surface area contributed by atoms with E-state index >= 15 is 0 Å². The van der Waals surface area contributed by atoms with Gasteiger partial charge in [-0.1, -0.05) is 42.0 Å². The van der Waals surface area contributed by atoms with E-state index in [1.54, 1.807) is 18.2 Å². The van der Waals surface area contributed by atoms with Crippen molar-refractivity contribution in [2.75, 3.05) is 0 Å². The van der Waals surface area contributed by atoms with Gasteiger partial charge in [0.2, 0.25) is 0 Å². The zero-order chi connectivity index (χ0) is 17.1. The van der Waals surface area contributed by atoms with Gasteiger partial charge in [-0.05, 0) is 37.6 Å². The molecule has 3 rings (SSSR count). The van der Waals surface area contributed by atoms with Crippen molar-refractivity contribution in [2.45, 2.75) is 19.9 Å². The van der Waals surface area contributed by atoms with Crippen LogP contribution in [0.4, 0.5) is 4.39 Å². The molecule has 0 bridgehead atoms. The quantitative estimate of drug-likeness (QED) is 0.762. The van der Waals surface area contributed by atoms with Crippen LogP contribution in [0.15, 0.2) is 54.6 Å². The normalized spacial score (nSPS) is 12.0. The molecular weight excluding hydrogens is 305 g/mol. The second-order valence-corrected chi connectivity index (χ2v) is 5.78. The molecule has 0 fully saturated rings. The number of nitrogens with zero attached hydrogens (tertiary/aromatic N) is 1. The number of carbonyl (C=O) groups excluding carboxylic acids is 1. The molecular formula is C19H18FN3O. The Balaban J connectivity index is 1.71. The lowest BCUT2D eigenvalue weighted by Crippen LogP contribution is -2.26. The summed E-state index contributed by atoms with van der Waals surface area (Å²) >= 11 is 0. The first kappa shape index (κ1) is 15.9. The molecule has 0 spiro atoms. The number of aryl methyl sites for hydroxylation is 1. The summed E-state index contributed by atoms with van der Waals surface area (Å²) in [4.78, 5) is 12.3. The van der Waals surface area contributed by atoms with Gasteiger partial charge in [0.1, 0.15) is 11.5 Å². The Morgan fingerprint density at radius 3 is 2.46 bits per heavy atom. The van der Waals surface area contributed by atoms with Crippen LogP contribution in [0.25, 0.3) is 11.3 Å². The van der Waals surface area contributed by atoms with Crippen molar-refractivity contribution >= 4 is 5.91 Å². The molecule has 0 saturated heterocycles. The lowest BCUT2D eigenvalue weighted by molar-refractivity contribution is 0.0935. The maximum atomic E-state index is 13.0. The Morgan fingerprint density at radius 2 is 1.79 bits per heavy atom. The number of amides is 1. The summed E-state index contributed by atoms with van der Waals surface area (Å²) < 4.78 is 13.0. The van der Waals surface area contributed by atoms with Crippen LogP contribution >= 0.6 is 0 Å². The summed E-state index contributed by atoms with van der Waals surface area (Å²) in [7, 11) is 0. The fraction of sp³-hybridized carbons (Fsp3) is 0.158. The molecule has 122 valence electrons. The number of H-pyrrole nitrogens is 1. The van der Waals surface area contributed by atoms with E-state index in [0.717, 1.165) is 16.8 Å². The summed E-state index contributed by atoms with van der Waals surface area (Å²) in [5.74, 6) is -0.550. The molecule has 24 heavy (non-hydrogen) atoms. The van der Waals surface area contributed by atoms with Crippen molar-refractivity contribution < 1.29 is 9.18 Å². The highest BCUT2D eigenvalue weighted by atomic mass is 19.1. The highest BCUT2D eigenvalue weighted by Crippen LogP contribution is 2.19. The summed E-state index contributed by atoms with van der Waals surface area (Å²) in [5, 5.41) is 9.83. The van der Waals surface area contributed by atoms with Crippen LogP contribution in [-0.4, -0.2) is 16.1 Å². The third kappa shape index (κ3) is 3.51. The first-order valence-corrected chi connectivity index (χ1v) is 7.72. The lowest BCUT2D eigenvalue weighted by atomic mass is 10.1. The van der Waals surface area contributed by atoms with Crippen molar-refractivity contribution in [3.63, 3.8) is 0 Å². The third-order valence-electron chi connectivity index (χ3n) is 3.89. The van der Waals surface area contributed by atoms with Gasteiger partial charge in [0.25, 0.3) is 5.91 Å². The zero-order valence-corrected chi connectivity index (χ0v) is 13.5. The standard InChI is InChI=1S/C19H18FN3O/c1-12-3-5-15(6-4-12)17-11-18(23-22-17)19(24)21-13(2)14-7-9-16(20)10-8-14/h3-11,13H,1-2H3,(H,21,24)(H,22,23)/t13-/m1/s1. The molecule has 1 atom stereocenters. The smallest absolute Gasteiger partial charge is 0.269 e. The van der Waals surface area contributed by atoms with Crippen molar-refractivity contribution in [3.05, 3.63) is 77.2 Å². The predicted octanol–water partition coefficient (Wildman–Crippen LogP) is 4.02. The minimum atomic E-state index is -0.298. The van der Waals surface area contributed by atoms with E-state index in [0.29, 0.717) is 5.69 Å². The molecule has 0 aliphatic rings. The minimum Gasteiger partial charge on any atom is -0.344 e. The number of benzene rings is 2. The molecule has 0 aliphatic heterocycles. The van der Waals surface area contributed by atoms with Crippen LogP contribution in [0, 0.1) is 12.7 Å². The van der Waals surface area contributed by atoms with Crippen LogP contribution < -0.4 is 5.32 Å². The molecule has 1 heterocycles. The highest BCUT2D eigenvalue weighted by Gasteiger charge is 2.14. The summed E-state index contributed by atoms with van der Waals surface area (Å²) in [6.45, 7) is 3.87. The van der Waals surface area contributed by atoms with Gasteiger partial charge in [-0.15, -0.1) is 0 Å². The van der Waals surface area contributed by atoms with Gasteiger partial charge in [0.15, 0.2) is 0 Å². The van der Waals surface area contributed by atoms with E-state index in [1.165, 1.54) is 17.7 Å². The molecule has 3 aromatic rings. The number of aromatic nitrogens is 2. The molecule has 0 radical (unpaired) electrons. The lowest BCUT2D eigenvalue weighted by Gasteiger charge is -2.13. The highest BCUT2D eigenvalue weighted by molar-refractivity contribution is 5.93. The van der Waals surface area contributed by atoms with Crippen molar-refractivity contribution in [1.82, 2.24) is 15.5 Å². The fourth-order valence-electron chi connectivity index (χ4n) is 2.42. The van der Waals surface area contributed by atoms with Crippen LogP contribution in [-0.2, 0) is 0 Å². The first-order valence-electron chi connectivity index (χ1n) is 7.72. The molecule has 4 nitrogen and oxygen atoms in total. The van der Waals surface area contributed by atoms with Crippen molar-refractivity contribution in [2.24, 2.45) is 0 Å². The molecule has 2 aromatic carbocycles. The van der Waals surface area contributed by atoms with E-state index in [4.69, 9.17) is 0 Å². The van der Waals surface area contributed by atoms with Gasteiger partial charge >= 0.3 is 0 Å². The zero-order valence-electron chi connectivity index (χ0n) is 13.5. The van der Waals surface area contributed by atoms with Gasteiger partial charge in [-0.25, -0.2) is 4.39 Å². The van der Waals surface area contributed by atoms with Gasteiger partial charge < -0.3 is 5.32 Å². The topological polar surface area (TPSA) is 57.8 Å². The number of carbonyl (C=O) groups is 1. The number of halogens is 1. The Morgan fingerprint density at radius 1 is 1.12 bits per heavy atom. The molecule has 0 aliphatic carbocycles. The predicted molar refractivity (Wildman–Crippen MR) is 91.0 cm³/mol. The second-order valence-electron chi connectivity index (χ2n) is 5.78. The Bertz CT molecular complexity index is 838. The van der Waals surface area contributed by atoms with Gasteiger partial charge in [0, 0.05) is 5.56 Å². The minimum absolute atomic E-state index is 0.232. The van der Waals surface area contributed by atoms with Gasteiger partial charge in [-0.3, -0.25) is 9.89 Å². The van der Waals surface area contributed by atoms with Crippen LogP contribution in [0.5, 0.6) is 0 Å². The number of nitrogens with one attached hydrogen (secondary N) is 2. The van der Waals surface area contributed by atoms with Gasteiger partial charge in [-0.2, -0.15) is 5.10 Å². The Labute approximate surface area is 139 Å². The molecule has 0 saturated carbocycles. The molecule has 2 N–H and O–H groups in total. The number of hydrogen-bond donors (Lipinski definition) is 2. The number of aromatic amines is 1. The average Bonchev–Trinajstić information content (AvgIpc) is 3.06. The van der Waals surface area contributed by atoms with Crippen molar-refractivity contribution in [1.29, 1.82) is 0 Å². The van der Waals surface area contributed by atoms with Crippen molar-refractivity contribution in [3.8, 4) is 11.3 Å². The maximum Gasteiger partial charge on any atom is 0.269 e. The Hall–Kier alpha value is -2.95. The first-order chi connectivity index (χ1) is 11.5. The Kier molecular flexibility index (Phi) is 4.42. The molecule has 1 aromatic heterocycles. The van der Waals surface area contributed by atoms with Crippen LogP contribution in [0.3, 0.4) is 0 Å². The monoisotopic (exact) mass is 323 g/mol. The molecule has 0 unspecified atom stereocenters. The van der Waals surface area contributed by atoms with E-state index in [-0.39, 0.29) is 17.8 Å². The van der Waals surface area contributed by atoms with Crippen LogP contribution in [0.1, 0.15) is 34.6 Å². The third-order valence-corrected chi connectivity index (χ3v) is 3.89. The van der Waals surface area contributed by atoms with Crippen LogP contribution in [0.2, 0.25) is 0 Å². The number of rotatable bonds is 4. The average molecular weight is 323 g/mol. The van der Waals surface area contributed by atoms with E-state index in [2.05, 4.69) is 15.5 Å². The summed E-state index contributed by atoms with van der Waals surface area (Å²) in [6, 6.07) is 15.5. The fourth-order valence-corrected chi connectivity index (χ4v) is 2.42. The summed E-state index contributed by atoms with van der Waals surface area (Å²) in [5.41, 5.74) is 4.06. The molecule has 1 amide bonds. The number of hydrogen-bond acceptors (Lipinski definition) is 2. The van der Waals surface area contributed by atoms with E-state index in [9.17, 15) is 9.18 Å². The second kappa shape index (κ2) is 6.66. The summed E-state index contributed by atoms with van der Waals surface area (Å²) in [6.07, 6.45) is 0. The molecule has 5 heteroatoms. The van der Waals surface area contributed by atoms with E-state index in [1.807, 2.05) is 38.1 Å². The van der Waals surface area contributed by atoms with Gasteiger partial charge in [0.05, 0.1) is 11.7 Å². The SMILES string of the molecule is Cc1ccc(-c2cc(C(=O)N[C@H](C)c3ccc(F)cc3)[nH]n2)cc1. The van der Waals surface area contributed by atoms with E-state index < -0.39 is 0 Å².